The molecule has 0 unspecified atom stereocenters. The summed E-state index contributed by atoms with van der Waals surface area (Å²) in [6.07, 6.45) is 0. The van der Waals surface area contributed by atoms with Crippen LogP contribution >= 0.6 is 0 Å². The molecular formula is C14H20F2N2O. The molecule has 19 heavy (non-hydrogen) atoms. The Morgan fingerprint density at radius 1 is 1.32 bits per heavy atom. The smallest absolute Gasteiger partial charge is 0.149 e. The summed E-state index contributed by atoms with van der Waals surface area (Å²) in [6.45, 7) is 5.73. The summed E-state index contributed by atoms with van der Waals surface area (Å²) >= 11 is 0. The molecule has 0 aliphatic carbocycles. The second-order valence-corrected chi connectivity index (χ2v) is 5.46. The van der Waals surface area contributed by atoms with E-state index in [1.54, 1.807) is 11.9 Å². The molecule has 2 rings (SSSR count). The first-order valence-corrected chi connectivity index (χ1v) is 6.43. The molecule has 1 heterocycles. The minimum atomic E-state index is -0.514. The highest BCUT2D eigenvalue weighted by Crippen LogP contribution is 2.32. The van der Waals surface area contributed by atoms with E-state index >= 15 is 0 Å². The lowest BCUT2D eigenvalue weighted by atomic mass is 10.0. The van der Waals surface area contributed by atoms with Crippen LogP contribution < -0.4 is 10.2 Å². The Bertz CT molecular complexity index is 440. The zero-order valence-corrected chi connectivity index (χ0v) is 11.6. The van der Waals surface area contributed by atoms with Crippen LogP contribution in [-0.2, 0) is 11.3 Å². The zero-order valence-electron chi connectivity index (χ0n) is 11.6. The molecule has 106 valence electrons. The van der Waals surface area contributed by atoms with Gasteiger partial charge in [-0.25, -0.2) is 8.78 Å². The lowest BCUT2D eigenvalue weighted by Gasteiger charge is -2.44. The predicted octanol–water partition coefficient (Wildman–Crippen LogP) is 2.30. The van der Waals surface area contributed by atoms with E-state index in [2.05, 4.69) is 5.32 Å². The van der Waals surface area contributed by atoms with Crippen molar-refractivity contribution in [1.82, 2.24) is 5.32 Å². The molecule has 0 aromatic heterocycles. The van der Waals surface area contributed by atoms with Crippen molar-refractivity contribution in [2.75, 3.05) is 31.7 Å². The molecule has 0 radical (unpaired) electrons. The minimum absolute atomic E-state index is 0.0492. The van der Waals surface area contributed by atoms with Crippen LogP contribution in [0.3, 0.4) is 0 Å². The standard InChI is InChI=1S/C14H20F2N2O/c1-14(2)9-19-5-4-18(14)13-11(15)6-10(8-17-3)7-12(13)16/h6-7,17H,4-5,8-9H2,1-3H3. The molecule has 1 aliphatic rings. The Morgan fingerprint density at radius 3 is 2.47 bits per heavy atom. The van der Waals surface area contributed by atoms with E-state index in [-0.39, 0.29) is 5.69 Å². The first kappa shape index (κ1) is 14.2. The van der Waals surface area contributed by atoms with Gasteiger partial charge in [-0.2, -0.15) is 0 Å². The van der Waals surface area contributed by atoms with Crippen LogP contribution in [0.2, 0.25) is 0 Å². The van der Waals surface area contributed by atoms with Crippen LogP contribution in [0.1, 0.15) is 19.4 Å². The first-order chi connectivity index (χ1) is 8.95. The third kappa shape index (κ3) is 2.87. The Kier molecular flexibility index (Phi) is 4.06. The molecule has 1 aromatic carbocycles. The van der Waals surface area contributed by atoms with Crippen molar-refractivity contribution >= 4 is 5.69 Å². The van der Waals surface area contributed by atoms with Crippen molar-refractivity contribution < 1.29 is 13.5 Å². The summed E-state index contributed by atoms with van der Waals surface area (Å²) in [6, 6.07) is 2.78. The third-order valence-corrected chi connectivity index (χ3v) is 3.37. The molecule has 1 N–H and O–H groups in total. The number of halogens is 2. The number of morpholine rings is 1. The quantitative estimate of drug-likeness (QED) is 0.912. The van der Waals surface area contributed by atoms with Gasteiger partial charge in [-0.15, -0.1) is 0 Å². The largest absolute Gasteiger partial charge is 0.377 e. The topological polar surface area (TPSA) is 24.5 Å². The lowest BCUT2D eigenvalue weighted by Crippen LogP contribution is -2.53. The van der Waals surface area contributed by atoms with Gasteiger partial charge in [-0.3, -0.25) is 0 Å². The third-order valence-electron chi connectivity index (χ3n) is 3.37. The van der Waals surface area contributed by atoms with Crippen molar-refractivity contribution in [3.8, 4) is 0 Å². The molecular weight excluding hydrogens is 250 g/mol. The van der Waals surface area contributed by atoms with E-state index in [0.717, 1.165) is 0 Å². The van der Waals surface area contributed by atoms with E-state index in [0.29, 0.717) is 31.9 Å². The normalized spacial score (nSPS) is 18.7. The van der Waals surface area contributed by atoms with E-state index in [4.69, 9.17) is 4.74 Å². The zero-order chi connectivity index (χ0) is 14.0. The Balaban J connectivity index is 2.39. The summed E-state index contributed by atoms with van der Waals surface area (Å²) in [7, 11) is 1.74. The Labute approximate surface area is 112 Å². The summed E-state index contributed by atoms with van der Waals surface area (Å²) < 4.78 is 33.8. The van der Waals surface area contributed by atoms with Crippen LogP contribution in [0.4, 0.5) is 14.5 Å². The van der Waals surface area contributed by atoms with Crippen molar-refractivity contribution in [1.29, 1.82) is 0 Å². The number of ether oxygens (including phenoxy) is 1. The highest BCUT2D eigenvalue weighted by Gasteiger charge is 2.34. The monoisotopic (exact) mass is 270 g/mol. The minimum Gasteiger partial charge on any atom is -0.377 e. The Morgan fingerprint density at radius 2 is 1.95 bits per heavy atom. The number of nitrogens with zero attached hydrogens (tertiary/aromatic N) is 1. The highest BCUT2D eigenvalue weighted by atomic mass is 19.1. The molecule has 0 spiro atoms. The van der Waals surface area contributed by atoms with Gasteiger partial charge in [0.15, 0.2) is 0 Å². The fourth-order valence-corrected chi connectivity index (χ4v) is 2.45. The predicted molar refractivity (Wildman–Crippen MR) is 71.4 cm³/mol. The fraction of sp³-hybridized carbons (Fsp3) is 0.571. The van der Waals surface area contributed by atoms with Gasteiger partial charge in [-0.05, 0) is 38.6 Å². The fourth-order valence-electron chi connectivity index (χ4n) is 2.45. The average Bonchev–Trinajstić information content (AvgIpc) is 2.30. The highest BCUT2D eigenvalue weighted by molar-refractivity contribution is 5.53. The van der Waals surface area contributed by atoms with Gasteiger partial charge in [-0.1, -0.05) is 0 Å². The summed E-state index contributed by atoms with van der Waals surface area (Å²) in [5.74, 6) is -1.03. The van der Waals surface area contributed by atoms with E-state index in [9.17, 15) is 8.78 Å². The van der Waals surface area contributed by atoms with Gasteiger partial charge in [0, 0.05) is 13.1 Å². The maximum Gasteiger partial charge on any atom is 0.149 e. The second kappa shape index (κ2) is 5.43. The van der Waals surface area contributed by atoms with Crippen molar-refractivity contribution in [2.24, 2.45) is 0 Å². The van der Waals surface area contributed by atoms with Crippen LogP contribution in [0.15, 0.2) is 12.1 Å². The number of benzene rings is 1. The summed E-state index contributed by atoms with van der Waals surface area (Å²) in [5, 5.41) is 2.89. The van der Waals surface area contributed by atoms with Crippen molar-refractivity contribution in [3.05, 3.63) is 29.3 Å². The van der Waals surface area contributed by atoms with Gasteiger partial charge in [0.25, 0.3) is 0 Å². The first-order valence-electron chi connectivity index (χ1n) is 6.43. The van der Waals surface area contributed by atoms with Gasteiger partial charge >= 0.3 is 0 Å². The van der Waals surface area contributed by atoms with Crippen molar-refractivity contribution in [3.63, 3.8) is 0 Å². The molecule has 1 saturated heterocycles. The molecule has 1 aromatic rings. The molecule has 0 saturated carbocycles. The molecule has 1 aliphatic heterocycles. The number of hydrogen-bond acceptors (Lipinski definition) is 3. The van der Waals surface area contributed by atoms with Crippen LogP contribution in [-0.4, -0.2) is 32.3 Å². The molecule has 5 heteroatoms. The maximum atomic E-state index is 14.2. The average molecular weight is 270 g/mol. The van der Waals surface area contributed by atoms with Gasteiger partial charge in [0.2, 0.25) is 0 Å². The SMILES string of the molecule is CNCc1cc(F)c(N2CCOCC2(C)C)c(F)c1. The van der Waals surface area contributed by atoms with E-state index in [1.807, 2.05) is 13.8 Å². The number of hydrogen-bond donors (Lipinski definition) is 1. The molecule has 0 atom stereocenters. The lowest BCUT2D eigenvalue weighted by molar-refractivity contribution is 0.0635. The molecule has 0 bridgehead atoms. The summed E-state index contributed by atoms with van der Waals surface area (Å²) in [4.78, 5) is 1.75. The maximum absolute atomic E-state index is 14.2. The van der Waals surface area contributed by atoms with Crippen LogP contribution in [0.5, 0.6) is 0 Å². The van der Waals surface area contributed by atoms with Crippen LogP contribution in [0.25, 0.3) is 0 Å². The van der Waals surface area contributed by atoms with Crippen LogP contribution in [0, 0.1) is 11.6 Å². The molecule has 1 fully saturated rings. The second-order valence-electron chi connectivity index (χ2n) is 5.46. The van der Waals surface area contributed by atoms with Crippen molar-refractivity contribution in [2.45, 2.75) is 25.9 Å². The molecule has 0 amide bonds. The Hall–Kier alpha value is -1.20. The van der Waals surface area contributed by atoms with E-state index in [1.165, 1.54) is 12.1 Å². The van der Waals surface area contributed by atoms with Gasteiger partial charge < -0.3 is 15.0 Å². The molecule has 3 nitrogen and oxygen atoms in total. The number of nitrogens with one attached hydrogen (secondary N) is 1. The van der Waals surface area contributed by atoms with Gasteiger partial charge in [0.1, 0.15) is 17.3 Å². The van der Waals surface area contributed by atoms with Gasteiger partial charge in [0.05, 0.1) is 18.8 Å². The summed E-state index contributed by atoms with van der Waals surface area (Å²) in [5.41, 5.74) is 0.241. The van der Waals surface area contributed by atoms with E-state index < -0.39 is 17.2 Å². The number of rotatable bonds is 3. The number of anilines is 1.